The topological polar surface area (TPSA) is 281 Å². The van der Waals surface area contributed by atoms with E-state index in [1.807, 2.05) is 59.6 Å². The minimum atomic E-state index is -1.46. The number of aliphatic hydroxyl groups is 1. The van der Waals surface area contributed by atoms with E-state index >= 15 is 0 Å². The molecule has 5 aromatic rings. The summed E-state index contributed by atoms with van der Waals surface area (Å²) in [4.78, 5) is 133. The van der Waals surface area contributed by atoms with Crippen molar-refractivity contribution < 1.29 is 71.9 Å². The molecule has 2 saturated heterocycles. The number of ketones is 2. The minimum Gasteiger partial charge on any atom is -0.493 e. The molecule has 5 aromatic carbocycles. The largest absolute Gasteiger partial charge is 0.493 e. The molecule has 0 aromatic heterocycles. The van der Waals surface area contributed by atoms with E-state index in [1.165, 1.54) is 20.1 Å². The van der Waals surface area contributed by atoms with E-state index in [0.29, 0.717) is 84.0 Å². The fourth-order valence-corrected chi connectivity index (χ4v) is 13.8. The first kappa shape index (κ1) is 68.8. The predicted molar refractivity (Wildman–Crippen MR) is 366 cm³/mol. The predicted octanol–water partition coefficient (Wildman–Crippen LogP) is 8.46. The number of para-hydroxylation sites is 1. The van der Waals surface area contributed by atoms with E-state index < -0.39 is 60.6 Å². The summed E-state index contributed by atoms with van der Waals surface area (Å²) in [5.41, 5.74) is 5.66. The van der Waals surface area contributed by atoms with Crippen LogP contribution in [0.15, 0.2) is 102 Å². The number of amides is 7. The van der Waals surface area contributed by atoms with Crippen LogP contribution in [0.2, 0.25) is 0 Å². The summed E-state index contributed by atoms with van der Waals surface area (Å²) in [6, 6.07) is 25.6. The van der Waals surface area contributed by atoms with Crippen molar-refractivity contribution in [3.63, 3.8) is 0 Å². The Labute approximate surface area is 575 Å². The van der Waals surface area contributed by atoms with Crippen LogP contribution in [0.5, 0.6) is 23.0 Å². The second-order valence-electron chi connectivity index (χ2n) is 27.5. The SMILES string of the molecule is COc1cc2c(cc1OCCCCCOc1cc3c(cc1OC)C(=O)N1CC4(CC4)C[C@H]1C(O)N3C(=O)OCc1ccc(CC(=O)[C@H](C)NC(=O)[C@@H](NC(=O)CNC(=O)CCC(=O)CCC(=O)N3Cc4ccccc4C#Cc4ccccc43)C(C)C)cc1)N=C[C@@H]1CC3(CC3)CN1C2=O. The van der Waals surface area contributed by atoms with Crippen molar-refractivity contribution in [3.8, 4) is 34.8 Å². The Hall–Kier alpha value is -10.1. The van der Waals surface area contributed by atoms with Crippen LogP contribution in [-0.4, -0.2) is 152 Å². The fraction of sp³-hybridized carbons (Fsp3) is 0.447. The molecule has 2 spiro atoms. The number of nitrogens with one attached hydrogen (secondary N) is 3. The van der Waals surface area contributed by atoms with Crippen molar-refractivity contribution in [1.29, 1.82) is 0 Å². The Kier molecular flexibility index (Phi) is 20.6. The first-order valence-corrected chi connectivity index (χ1v) is 34.2. The molecule has 23 nitrogen and oxygen atoms in total. The Morgan fingerprint density at radius 1 is 0.667 bits per heavy atom. The number of benzene rings is 5. The molecule has 518 valence electrons. The van der Waals surface area contributed by atoms with Gasteiger partial charge >= 0.3 is 6.09 Å². The number of fused-ring (bicyclic) bond motifs is 6. The van der Waals surface area contributed by atoms with Crippen molar-refractivity contribution in [1.82, 2.24) is 25.8 Å². The van der Waals surface area contributed by atoms with Gasteiger partial charge in [0.2, 0.25) is 23.6 Å². The number of nitrogens with zero attached hydrogens (tertiary/aromatic N) is 5. The third-order valence-electron chi connectivity index (χ3n) is 20.1. The smallest absolute Gasteiger partial charge is 0.416 e. The van der Waals surface area contributed by atoms with Crippen LogP contribution >= 0.6 is 0 Å². The van der Waals surface area contributed by atoms with Gasteiger partial charge in [0.25, 0.3) is 11.8 Å². The molecule has 5 heterocycles. The van der Waals surface area contributed by atoms with E-state index in [2.05, 4.69) is 27.8 Å². The number of aliphatic imine (C=N–C) groups is 1. The van der Waals surface area contributed by atoms with Crippen molar-refractivity contribution in [2.75, 3.05) is 56.9 Å². The molecule has 2 saturated carbocycles. The molecule has 4 N–H and O–H groups in total. The number of carbonyl (C=O) groups excluding carboxylic acids is 9. The Morgan fingerprint density at radius 2 is 1.29 bits per heavy atom. The summed E-state index contributed by atoms with van der Waals surface area (Å²) in [7, 11) is 3.01. The number of carbonyl (C=O) groups is 9. The maximum absolute atomic E-state index is 14.5. The summed E-state index contributed by atoms with van der Waals surface area (Å²) in [5, 5.41) is 20.0. The van der Waals surface area contributed by atoms with E-state index in [1.54, 1.807) is 73.2 Å². The summed E-state index contributed by atoms with van der Waals surface area (Å²) >= 11 is 0. The summed E-state index contributed by atoms with van der Waals surface area (Å²) in [6.07, 6.45) is 6.50. The number of unbranched alkanes of at least 4 members (excludes halogenated alkanes) is 2. The summed E-state index contributed by atoms with van der Waals surface area (Å²) in [6.45, 7) is 6.38. The van der Waals surface area contributed by atoms with Gasteiger partial charge in [-0.3, -0.25) is 43.3 Å². The molecule has 0 bridgehead atoms. The van der Waals surface area contributed by atoms with Crippen molar-refractivity contribution in [3.05, 3.63) is 136 Å². The molecular weight excluding hydrogens is 1260 g/mol. The first-order valence-electron chi connectivity index (χ1n) is 34.2. The average molecular weight is 1350 g/mol. The van der Waals surface area contributed by atoms with Gasteiger partial charge in [-0.05, 0) is 128 Å². The second-order valence-corrected chi connectivity index (χ2v) is 27.5. The lowest BCUT2D eigenvalue weighted by molar-refractivity contribution is -0.132. The number of rotatable bonds is 27. The van der Waals surface area contributed by atoms with Crippen LogP contribution in [0, 0.1) is 28.6 Å². The zero-order valence-corrected chi connectivity index (χ0v) is 56.5. The highest BCUT2D eigenvalue weighted by molar-refractivity contribution is 6.07. The maximum atomic E-state index is 14.5. The standard InChI is InChI=1S/C76H84N8O15/c1-46(2)69(80-67(88)41-78-66(87)25-23-54(85)24-26-68(89)81-42-52-15-8-7-13-50(52)21-22-51-14-9-10-16-58(51)81)70(90)79-47(3)61(86)33-48-17-19-49(20-18-48)43-99-74(94)84-59-37-65(63(96-5)35-56(59)72(92)83-45-76(29-30-76)39-60(83)73(84)93)98-32-12-6-11-31-97-64-36-57-55(34-62(64)95-4)71(91)82-44-75(27-28-75)38-53(82)40-77-57/h7-10,13-20,34-37,40,46-47,53,60,69,73,93H,6,11-12,23-33,38-39,41-45H2,1-5H3,(H,78,87)(H,79,90)(H,80,88)/t47-,53-,60-,69-,73?/m0/s1. The van der Waals surface area contributed by atoms with Gasteiger partial charge < -0.3 is 59.4 Å². The fourth-order valence-electron chi connectivity index (χ4n) is 13.8. The van der Waals surface area contributed by atoms with Crippen molar-refractivity contribution in [2.45, 2.75) is 154 Å². The van der Waals surface area contributed by atoms with Gasteiger partial charge in [-0.25, -0.2) is 9.69 Å². The molecule has 0 radical (unpaired) electrons. The second kappa shape index (κ2) is 29.6. The molecular formula is C76H84N8O15. The molecule has 7 aliphatic rings. The highest BCUT2D eigenvalue weighted by Gasteiger charge is 2.58. The number of aliphatic hydroxyl groups excluding tert-OH is 1. The summed E-state index contributed by atoms with van der Waals surface area (Å²) < 4.78 is 29.8. The van der Waals surface area contributed by atoms with Gasteiger partial charge in [0.05, 0.1) is 86.8 Å². The molecule has 12 rings (SSSR count). The third-order valence-corrected chi connectivity index (χ3v) is 20.1. The first-order chi connectivity index (χ1) is 47.7. The van der Waals surface area contributed by atoms with Crippen molar-refractivity contribution >= 4 is 76.4 Å². The van der Waals surface area contributed by atoms with Gasteiger partial charge in [0.15, 0.2) is 35.0 Å². The lowest BCUT2D eigenvalue weighted by Crippen LogP contribution is -2.54. The number of anilines is 2. The van der Waals surface area contributed by atoms with Crippen LogP contribution in [0.1, 0.15) is 153 Å². The zero-order chi connectivity index (χ0) is 69.7. The van der Waals surface area contributed by atoms with E-state index in [9.17, 15) is 48.3 Å². The number of hydrogen-bond acceptors (Lipinski definition) is 16. The Balaban J connectivity index is 0.590. The van der Waals surface area contributed by atoms with Gasteiger partial charge in [0.1, 0.15) is 18.4 Å². The number of ether oxygens (including phenoxy) is 5. The molecule has 5 atom stereocenters. The molecule has 1 unspecified atom stereocenters. The third kappa shape index (κ3) is 15.6. The van der Waals surface area contributed by atoms with Crippen LogP contribution in [-0.2, 0) is 53.1 Å². The van der Waals surface area contributed by atoms with Gasteiger partial charge in [-0.2, -0.15) is 0 Å². The highest BCUT2D eigenvalue weighted by Crippen LogP contribution is 2.58. The van der Waals surface area contributed by atoms with Crippen LogP contribution < -0.4 is 44.7 Å². The lowest BCUT2D eigenvalue weighted by atomic mass is 10.0. The Bertz CT molecular complexity index is 4090. The van der Waals surface area contributed by atoms with E-state index in [0.717, 1.165) is 54.7 Å². The van der Waals surface area contributed by atoms with Crippen LogP contribution in [0.25, 0.3) is 0 Å². The van der Waals surface area contributed by atoms with Gasteiger partial charge in [-0.1, -0.05) is 80.3 Å². The summed E-state index contributed by atoms with van der Waals surface area (Å²) in [5.74, 6) is 4.34. The number of methoxy groups -OCH3 is 2. The number of Topliss-reactive ketones (excluding diaryl/α,β-unsaturated/α-hetero) is 2. The molecule has 2 aliphatic carbocycles. The lowest BCUT2D eigenvalue weighted by Gasteiger charge is -2.31. The van der Waals surface area contributed by atoms with E-state index in [4.69, 9.17) is 28.7 Å². The van der Waals surface area contributed by atoms with E-state index in [-0.39, 0.29) is 121 Å². The van der Waals surface area contributed by atoms with Crippen molar-refractivity contribution in [2.24, 2.45) is 21.7 Å². The molecule has 4 fully saturated rings. The maximum Gasteiger partial charge on any atom is 0.416 e. The normalized spacial score (nSPS) is 19.0. The molecule has 99 heavy (non-hydrogen) atoms. The van der Waals surface area contributed by atoms with Gasteiger partial charge in [-0.15, -0.1) is 0 Å². The van der Waals surface area contributed by atoms with Crippen LogP contribution in [0.4, 0.5) is 21.9 Å². The molecule has 23 heteroatoms. The minimum absolute atomic E-state index is 0.0132. The average Bonchev–Trinajstić information content (AvgIpc) is 1.58. The zero-order valence-electron chi connectivity index (χ0n) is 56.5. The van der Waals surface area contributed by atoms with Gasteiger partial charge in [0, 0.05) is 74.7 Å². The molecule has 7 amide bonds. The highest BCUT2D eigenvalue weighted by atomic mass is 16.6. The Morgan fingerprint density at radius 3 is 2.00 bits per heavy atom. The molecule has 5 aliphatic heterocycles. The number of hydrogen-bond donors (Lipinski definition) is 4. The van der Waals surface area contributed by atoms with Crippen LogP contribution in [0.3, 0.4) is 0 Å². The quantitative estimate of drug-likeness (QED) is 0.0283. The monoisotopic (exact) mass is 1350 g/mol.